The first-order chi connectivity index (χ1) is 12.3. The standard InChI is InChI=1S/C16H28N6O3S/c1-10(2)9-22-15(21-5-7-25-8-6-21)19-20-16(22)26-12(11(3)4)13(23)18-14(17)24/h10-12H,5-9H2,1-4H3,(H3,17,18,23,24). The van der Waals surface area contributed by atoms with Crippen LogP contribution < -0.4 is 16.0 Å². The summed E-state index contributed by atoms with van der Waals surface area (Å²) in [6, 6.07) is -0.848. The molecule has 0 saturated carbocycles. The predicted octanol–water partition coefficient (Wildman–Crippen LogP) is 1.08. The van der Waals surface area contributed by atoms with Crippen molar-refractivity contribution in [3.8, 4) is 0 Å². The molecule has 2 heterocycles. The third-order valence-electron chi connectivity index (χ3n) is 3.88. The molecule has 0 radical (unpaired) electrons. The molecule has 146 valence electrons. The Balaban J connectivity index is 2.27. The zero-order chi connectivity index (χ0) is 19.3. The maximum atomic E-state index is 12.3. The van der Waals surface area contributed by atoms with Gasteiger partial charge in [0.1, 0.15) is 0 Å². The Morgan fingerprint density at radius 3 is 2.42 bits per heavy atom. The van der Waals surface area contributed by atoms with E-state index in [9.17, 15) is 9.59 Å². The number of morpholine rings is 1. The van der Waals surface area contributed by atoms with Gasteiger partial charge in [0.25, 0.3) is 0 Å². The SMILES string of the molecule is CC(C)Cn1c(SC(C(=O)NC(N)=O)C(C)C)nnc1N1CCOCC1. The molecule has 1 unspecified atom stereocenters. The first-order valence-electron chi connectivity index (χ1n) is 8.82. The van der Waals surface area contributed by atoms with Gasteiger partial charge in [0, 0.05) is 19.6 Å². The lowest BCUT2D eigenvalue weighted by atomic mass is 10.1. The van der Waals surface area contributed by atoms with Crippen molar-refractivity contribution in [2.45, 2.75) is 44.6 Å². The highest BCUT2D eigenvalue weighted by atomic mass is 32.2. The zero-order valence-electron chi connectivity index (χ0n) is 15.8. The minimum absolute atomic E-state index is 0.00427. The summed E-state index contributed by atoms with van der Waals surface area (Å²) in [4.78, 5) is 25.5. The maximum absolute atomic E-state index is 12.3. The Kier molecular flexibility index (Phi) is 7.27. The van der Waals surface area contributed by atoms with E-state index in [4.69, 9.17) is 10.5 Å². The molecule has 1 atom stereocenters. The van der Waals surface area contributed by atoms with Crippen LogP contribution in [0.2, 0.25) is 0 Å². The average molecular weight is 385 g/mol. The molecule has 1 aromatic rings. The van der Waals surface area contributed by atoms with Gasteiger partial charge < -0.3 is 15.4 Å². The molecule has 3 amide bonds. The van der Waals surface area contributed by atoms with Crippen molar-refractivity contribution in [1.29, 1.82) is 0 Å². The molecule has 1 aliphatic heterocycles. The van der Waals surface area contributed by atoms with E-state index in [1.807, 2.05) is 18.4 Å². The molecular formula is C16H28N6O3S. The van der Waals surface area contributed by atoms with Crippen LogP contribution in [0.4, 0.5) is 10.7 Å². The Labute approximate surface area is 158 Å². The van der Waals surface area contributed by atoms with E-state index < -0.39 is 17.2 Å². The van der Waals surface area contributed by atoms with Gasteiger partial charge in [0.2, 0.25) is 11.9 Å². The molecule has 1 aromatic heterocycles. The molecule has 0 spiro atoms. The topological polar surface area (TPSA) is 115 Å². The van der Waals surface area contributed by atoms with Crippen molar-refractivity contribution in [3.05, 3.63) is 0 Å². The zero-order valence-corrected chi connectivity index (χ0v) is 16.6. The lowest BCUT2D eigenvalue weighted by Crippen LogP contribution is -2.42. The van der Waals surface area contributed by atoms with E-state index in [0.29, 0.717) is 24.3 Å². The minimum atomic E-state index is -0.848. The molecule has 1 aliphatic rings. The van der Waals surface area contributed by atoms with Gasteiger partial charge in [-0.2, -0.15) is 0 Å². The molecule has 9 nitrogen and oxygen atoms in total. The lowest BCUT2D eigenvalue weighted by molar-refractivity contribution is -0.120. The molecule has 2 rings (SSSR count). The van der Waals surface area contributed by atoms with E-state index in [2.05, 4.69) is 34.3 Å². The number of imide groups is 1. The van der Waals surface area contributed by atoms with Crippen molar-refractivity contribution < 1.29 is 14.3 Å². The van der Waals surface area contributed by atoms with E-state index >= 15 is 0 Å². The fourth-order valence-corrected chi connectivity index (χ4v) is 3.73. The van der Waals surface area contributed by atoms with Gasteiger partial charge in [0.15, 0.2) is 5.16 Å². The molecule has 0 aliphatic carbocycles. The molecule has 10 heteroatoms. The van der Waals surface area contributed by atoms with Gasteiger partial charge in [-0.25, -0.2) is 4.79 Å². The van der Waals surface area contributed by atoms with E-state index in [0.717, 1.165) is 25.6 Å². The Hall–Kier alpha value is -1.81. The molecule has 0 aromatic carbocycles. The molecule has 26 heavy (non-hydrogen) atoms. The maximum Gasteiger partial charge on any atom is 0.318 e. The van der Waals surface area contributed by atoms with Crippen LogP contribution in [0.3, 0.4) is 0 Å². The summed E-state index contributed by atoms with van der Waals surface area (Å²) in [6.07, 6.45) is 0. The van der Waals surface area contributed by atoms with Crippen LogP contribution in [-0.4, -0.2) is 58.3 Å². The number of nitrogens with two attached hydrogens (primary N) is 1. The van der Waals surface area contributed by atoms with Gasteiger partial charge >= 0.3 is 6.03 Å². The number of nitrogens with one attached hydrogen (secondary N) is 1. The van der Waals surface area contributed by atoms with E-state index in [1.54, 1.807) is 0 Å². The number of hydrogen-bond donors (Lipinski definition) is 2. The van der Waals surface area contributed by atoms with Crippen LogP contribution in [0.15, 0.2) is 5.16 Å². The normalized spacial score (nSPS) is 16.2. The van der Waals surface area contributed by atoms with Crippen molar-refractivity contribution >= 4 is 29.6 Å². The summed E-state index contributed by atoms with van der Waals surface area (Å²) in [5.41, 5.74) is 5.09. The fourth-order valence-electron chi connectivity index (χ4n) is 2.69. The van der Waals surface area contributed by atoms with Gasteiger partial charge in [-0.1, -0.05) is 39.5 Å². The largest absolute Gasteiger partial charge is 0.378 e. The van der Waals surface area contributed by atoms with E-state index in [-0.39, 0.29) is 5.92 Å². The van der Waals surface area contributed by atoms with Crippen LogP contribution in [0.25, 0.3) is 0 Å². The molecule has 0 bridgehead atoms. The quantitative estimate of drug-likeness (QED) is 0.676. The third-order valence-corrected chi connectivity index (χ3v) is 5.41. The number of primary amides is 1. The van der Waals surface area contributed by atoms with Gasteiger partial charge in [-0.05, 0) is 11.8 Å². The summed E-state index contributed by atoms with van der Waals surface area (Å²) in [5.74, 6) is 0.768. The fraction of sp³-hybridized carbons (Fsp3) is 0.750. The summed E-state index contributed by atoms with van der Waals surface area (Å²) in [5, 5.41) is 11.0. The number of carbonyl (C=O) groups excluding carboxylic acids is 2. The highest BCUT2D eigenvalue weighted by Crippen LogP contribution is 2.30. The second kappa shape index (κ2) is 9.22. The molecular weight excluding hydrogens is 356 g/mol. The monoisotopic (exact) mass is 384 g/mol. The molecule has 3 N–H and O–H groups in total. The van der Waals surface area contributed by atoms with Crippen molar-refractivity contribution in [2.24, 2.45) is 17.6 Å². The summed E-state index contributed by atoms with van der Waals surface area (Å²) >= 11 is 1.31. The number of thioether (sulfide) groups is 1. The minimum Gasteiger partial charge on any atom is -0.378 e. The molecule has 1 saturated heterocycles. The number of aromatic nitrogens is 3. The number of ether oxygens (including phenoxy) is 1. The van der Waals surface area contributed by atoms with Gasteiger partial charge in [0.05, 0.1) is 18.5 Å². The van der Waals surface area contributed by atoms with Crippen LogP contribution in [0.1, 0.15) is 27.7 Å². The van der Waals surface area contributed by atoms with E-state index in [1.165, 1.54) is 11.8 Å². The van der Waals surface area contributed by atoms with Crippen molar-refractivity contribution in [1.82, 2.24) is 20.1 Å². The summed E-state index contributed by atoms with van der Waals surface area (Å²) in [6.45, 7) is 11.7. The summed E-state index contributed by atoms with van der Waals surface area (Å²) < 4.78 is 7.46. The number of amides is 3. The van der Waals surface area contributed by atoms with Gasteiger partial charge in [-0.15, -0.1) is 10.2 Å². The van der Waals surface area contributed by atoms with Crippen LogP contribution in [0.5, 0.6) is 0 Å². The smallest absolute Gasteiger partial charge is 0.318 e. The predicted molar refractivity (Wildman–Crippen MR) is 100 cm³/mol. The number of carbonyl (C=O) groups is 2. The first-order valence-corrected chi connectivity index (χ1v) is 9.70. The first kappa shape index (κ1) is 20.5. The average Bonchev–Trinajstić information content (AvgIpc) is 2.94. The van der Waals surface area contributed by atoms with Crippen molar-refractivity contribution in [3.63, 3.8) is 0 Å². The second-order valence-corrected chi connectivity index (χ2v) is 8.13. The van der Waals surface area contributed by atoms with Crippen LogP contribution >= 0.6 is 11.8 Å². The summed E-state index contributed by atoms with van der Waals surface area (Å²) in [7, 11) is 0. The second-order valence-electron chi connectivity index (χ2n) is 7.02. The Morgan fingerprint density at radius 1 is 1.23 bits per heavy atom. The number of urea groups is 1. The number of anilines is 1. The number of nitrogens with zero attached hydrogens (tertiary/aromatic N) is 4. The van der Waals surface area contributed by atoms with Crippen LogP contribution in [0, 0.1) is 11.8 Å². The Bertz CT molecular complexity index is 628. The lowest BCUT2D eigenvalue weighted by Gasteiger charge is -2.28. The molecule has 1 fully saturated rings. The highest BCUT2D eigenvalue weighted by Gasteiger charge is 2.29. The third kappa shape index (κ3) is 5.34. The van der Waals surface area contributed by atoms with Gasteiger partial charge in [-0.3, -0.25) is 14.7 Å². The van der Waals surface area contributed by atoms with Crippen molar-refractivity contribution in [2.75, 3.05) is 31.2 Å². The van der Waals surface area contributed by atoms with Crippen LogP contribution in [-0.2, 0) is 16.1 Å². The highest BCUT2D eigenvalue weighted by molar-refractivity contribution is 8.00. The number of hydrogen-bond acceptors (Lipinski definition) is 7. The Morgan fingerprint density at radius 2 is 1.88 bits per heavy atom. The number of rotatable bonds is 7.